The van der Waals surface area contributed by atoms with E-state index in [0.29, 0.717) is 0 Å². The number of carbonyl (C=O) groups excluding carboxylic acids is 2. The second kappa shape index (κ2) is 8.10. The maximum Gasteiger partial charge on any atom is 0.356 e. The van der Waals surface area contributed by atoms with Gasteiger partial charge in [-0.05, 0) is 43.7 Å². The summed E-state index contributed by atoms with van der Waals surface area (Å²) in [6.07, 6.45) is 0. The van der Waals surface area contributed by atoms with Crippen LogP contribution in [0.1, 0.15) is 46.4 Å². The lowest BCUT2D eigenvalue weighted by molar-refractivity contribution is 0.0519. The SMILES string of the molecule is CCOC(=O)c1cccc(C(=O)NC(C)c2ccc(OC)cc2)n1. The van der Waals surface area contributed by atoms with Crippen molar-refractivity contribution in [3.05, 3.63) is 59.4 Å². The van der Waals surface area contributed by atoms with Gasteiger partial charge >= 0.3 is 5.97 Å². The molecule has 0 spiro atoms. The summed E-state index contributed by atoms with van der Waals surface area (Å²) in [7, 11) is 1.60. The Hall–Kier alpha value is -2.89. The zero-order chi connectivity index (χ0) is 17.5. The third-order valence-corrected chi connectivity index (χ3v) is 3.43. The van der Waals surface area contributed by atoms with Crippen LogP contribution in [0.3, 0.4) is 0 Å². The Morgan fingerprint density at radius 3 is 2.42 bits per heavy atom. The third-order valence-electron chi connectivity index (χ3n) is 3.43. The first kappa shape index (κ1) is 17.5. The Balaban J connectivity index is 2.08. The molecule has 1 amide bonds. The minimum Gasteiger partial charge on any atom is -0.497 e. The first-order valence-electron chi connectivity index (χ1n) is 7.64. The molecule has 0 saturated carbocycles. The molecule has 1 atom stereocenters. The molecule has 1 heterocycles. The number of amides is 1. The van der Waals surface area contributed by atoms with E-state index in [0.717, 1.165) is 11.3 Å². The molecule has 0 aliphatic heterocycles. The topological polar surface area (TPSA) is 77.5 Å². The highest BCUT2D eigenvalue weighted by atomic mass is 16.5. The van der Waals surface area contributed by atoms with Gasteiger partial charge in [-0.2, -0.15) is 0 Å². The summed E-state index contributed by atoms with van der Waals surface area (Å²) in [5, 5.41) is 2.85. The summed E-state index contributed by atoms with van der Waals surface area (Å²) in [5.41, 5.74) is 1.22. The summed E-state index contributed by atoms with van der Waals surface area (Å²) in [5.74, 6) is -0.152. The summed E-state index contributed by atoms with van der Waals surface area (Å²) >= 11 is 0. The second-order valence-electron chi connectivity index (χ2n) is 5.10. The molecule has 1 unspecified atom stereocenters. The van der Waals surface area contributed by atoms with Crippen molar-refractivity contribution in [1.29, 1.82) is 0 Å². The number of carbonyl (C=O) groups is 2. The van der Waals surface area contributed by atoms with Gasteiger partial charge in [0.2, 0.25) is 0 Å². The zero-order valence-corrected chi connectivity index (χ0v) is 13.9. The molecule has 0 fully saturated rings. The molecular weight excluding hydrogens is 308 g/mol. The third kappa shape index (κ3) is 4.32. The fraction of sp³-hybridized carbons (Fsp3) is 0.278. The second-order valence-corrected chi connectivity index (χ2v) is 5.10. The van der Waals surface area contributed by atoms with Gasteiger partial charge in [0.25, 0.3) is 5.91 Å². The van der Waals surface area contributed by atoms with Crippen molar-refractivity contribution in [2.75, 3.05) is 13.7 Å². The molecule has 1 N–H and O–H groups in total. The number of hydrogen-bond donors (Lipinski definition) is 1. The Labute approximate surface area is 140 Å². The molecule has 1 aromatic heterocycles. The van der Waals surface area contributed by atoms with Gasteiger partial charge in [-0.3, -0.25) is 4.79 Å². The average molecular weight is 328 g/mol. The minimum atomic E-state index is -0.546. The number of benzene rings is 1. The van der Waals surface area contributed by atoms with E-state index < -0.39 is 5.97 Å². The summed E-state index contributed by atoms with van der Waals surface area (Å²) in [6, 6.07) is 11.9. The molecule has 0 saturated heterocycles. The number of nitrogens with zero attached hydrogens (tertiary/aromatic N) is 1. The first-order valence-corrected chi connectivity index (χ1v) is 7.64. The Morgan fingerprint density at radius 2 is 1.79 bits per heavy atom. The van der Waals surface area contributed by atoms with Crippen LogP contribution < -0.4 is 10.1 Å². The van der Waals surface area contributed by atoms with Gasteiger partial charge in [0.1, 0.15) is 17.1 Å². The fourth-order valence-electron chi connectivity index (χ4n) is 2.13. The highest BCUT2D eigenvalue weighted by Crippen LogP contribution is 2.17. The fourth-order valence-corrected chi connectivity index (χ4v) is 2.13. The normalized spacial score (nSPS) is 11.5. The van der Waals surface area contributed by atoms with Crippen molar-refractivity contribution in [1.82, 2.24) is 10.3 Å². The molecule has 1 aromatic carbocycles. The van der Waals surface area contributed by atoms with Gasteiger partial charge in [0, 0.05) is 0 Å². The van der Waals surface area contributed by atoms with Crippen molar-refractivity contribution in [2.24, 2.45) is 0 Å². The van der Waals surface area contributed by atoms with E-state index >= 15 is 0 Å². The van der Waals surface area contributed by atoms with Crippen LogP contribution in [-0.4, -0.2) is 30.6 Å². The molecule has 0 aliphatic carbocycles. The molecule has 0 bridgehead atoms. The van der Waals surface area contributed by atoms with E-state index in [-0.39, 0.29) is 29.9 Å². The number of pyridine rings is 1. The molecule has 6 heteroatoms. The molecular formula is C18H20N2O4. The van der Waals surface area contributed by atoms with Gasteiger partial charge < -0.3 is 14.8 Å². The monoisotopic (exact) mass is 328 g/mol. The Bertz CT molecular complexity index is 713. The number of ether oxygens (including phenoxy) is 2. The van der Waals surface area contributed by atoms with Crippen LogP contribution in [0.5, 0.6) is 5.75 Å². The average Bonchev–Trinajstić information content (AvgIpc) is 2.62. The number of methoxy groups -OCH3 is 1. The number of aromatic nitrogens is 1. The lowest BCUT2D eigenvalue weighted by Crippen LogP contribution is -2.28. The quantitative estimate of drug-likeness (QED) is 0.825. The number of hydrogen-bond acceptors (Lipinski definition) is 5. The van der Waals surface area contributed by atoms with Crippen LogP contribution in [-0.2, 0) is 4.74 Å². The van der Waals surface area contributed by atoms with E-state index in [1.165, 1.54) is 6.07 Å². The zero-order valence-electron chi connectivity index (χ0n) is 13.9. The number of esters is 1. The van der Waals surface area contributed by atoms with Crippen molar-refractivity contribution >= 4 is 11.9 Å². The van der Waals surface area contributed by atoms with Gasteiger partial charge in [-0.1, -0.05) is 18.2 Å². The van der Waals surface area contributed by atoms with Crippen LogP contribution in [0.2, 0.25) is 0 Å². The number of rotatable bonds is 6. The molecule has 2 aromatic rings. The molecule has 0 aliphatic rings. The predicted octanol–water partition coefficient (Wildman–Crippen LogP) is 2.76. The van der Waals surface area contributed by atoms with Gasteiger partial charge in [0.05, 0.1) is 19.8 Å². The lowest BCUT2D eigenvalue weighted by atomic mass is 10.1. The smallest absolute Gasteiger partial charge is 0.356 e. The van der Waals surface area contributed by atoms with E-state index in [2.05, 4.69) is 10.3 Å². The van der Waals surface area contributed by atoms with Crippen LogP contribution in [0.25, 0.3) is 0 Å². The highest BCUT2D eigenvalue weighted by molar-refractivity contribution is 5.94. The van der Waals surface area contributed by atoms with Crippen LogP contribution in [0.15, 0.2) is 42.5 Å². The first-order chi connectivity index (χ1) is 11.5. The number of nitrogens with one attached hydrogen (secondary N) is 1. The maximum absolute atomic E-state index is 12.3. The molecule has 0 radical (unpaired) electrons. The van der Waals surface area contributed by atoms with Gasteiger partial charge in [0.15, 0.2) is 0 Å². The lowest BCUT2D eigenvalue weighted by Gasteiger charge is -2.14. The van der Waals surface area contributed by atoms with E-state index in [1.807, 2.05) is 31.2 Å². The van der Waals surface area contributed by atoms with E-state index in [9.17, 15) is 9.59 Å². The summed E-state index contributed by atoms with van der Waals surface area (Å²) in [6.45, 7) is 3.84. The van der Waals surface area contributed by atoms with Crippen molar-refractivity contribution in [3.63, 3.8) is 0 Å². The predicted molar refractivity (Wildman–Crippen MR) is 89.1 cm³/mol. The molecule has 2 rings (SSSR count). The van der Waals surface area contributed by atoms with Gasteiger partial charge in [-0.15, -0.1) is 0 Å². The summed E-state index contributed by atoms with van der Waals surface area (Å²) in [4.78, 5) is 28.1. The van der Waals surface area contributed by atoms with Gasteiger partial charge in [-0.25, -0.2) is 9.78 Å². The van der Waals surface area contributed by atoms with Crippen LogP contribution >= 0.6 is 0 Å². The molecule has 6 nitrogen and oxygen atoms in total. The van der Waals surface area contributed by atoms with E-state index in [1.54, 1.807) is 26.2 Å². The van der Waals surface area contributed by atoms with Crippen molar-refractivity contribution in [3.8, 4) is 5.75 Å². The maximum atomic E-state index is 12.3. The Kier molecular flexibility index (Phi) is 5.89. The van der Waals surface area contributed by atoms with Crippen LogP contribution in [0.4, 0.5) is 0 Å². The molecule has 24 heavy (non-hydrogen) atoms. The minimum absolute atomic E-state index is 0.113. The van der Waals surface area contributed by atoms with Crippen molar-refractivity contribution < 1.29 is 19.1 Å². The largest absolute Gasteiger partial charge is 0.497 e. The van der Waals surface area contributed by atoms with Crippen LogP contribution in [0, 0.1) is 0 Å². The Morgan fingerprint density at radius 1 is 1.12 bits per heavy atom. The summed E-state index contributed by atoms with van der Waals surface area (Å²) < 4.78 is 10.0. The molecule has 126 valence electrons. The van der Waals surface area contributed by atoms with E-state index in [4.69, 9.17) is 9.47 Å². The standard InChI is InChI=1S/C18H20N2O4/c1-4-24-18(22)16-7-5-6-15(20-16)17(21)19-12(2)13-8-10-14(23-3)11-9-13/h5-12H,4H2,1-3H3,(H,19,21). The highest BCUT2D eigenvalue weighted by Gasteiger charge is 2.15. The van der Waals surface area contributed by atoms with Crippen molar-refractivity contribution in [2.45, 2.75) is 19.9 Å².